The highest BCUT2D eigenvalue weighted by Gasteiger charge is 2.25. The Morgan fingerprint density at radius 2 is 1.76 bits per heavy atom. The maximum Gasteiger partial charge on any atom is 0.469 e. The highest BCUT2D eigenvalue weighted by Crippen LogP contribution is 2.39. The molecule has 4 N–H and O–H groups in total. The van der Waals surface area contributed by atoms with E-state index < -0.39 is 20.0 Å². The third kappa shape index (κ3) is 8.80. The number of aryl methyl sites for hydroxylation is 1. The Labute approximate surface area is 203 Å². The van der Waals surface area contributed by atoms with Crippen LogP contribution < -0.4 is 10.5 Å². The van der Waals surface area contributed by atoms with Crippen LogP contribution in [0.15, 0.2) is 82.6 Å². The Bertz CT molecular complexity index is 1090. The van der Waals surface area contributed by atoms with E-state index in [2.05, 4.69) is 0 Å². The van der Waals surface area contributed by atoms with Crippen LogP contribution in [0.2, 0.25) is 5.02 Å². The first kappa shape index (κ1) is 25.8. The number of rotatable bonds is 11. The van der Waals surface area contributed by atoms with Crippen LogP contribution in [0.25, 0.3) is 0 Å². The number of hydrogen-bond donors (Lipinski definition) is 3. The van der Waals surface area contributed by atoms with Crippen LogP contribution in [-0.4, -0.2) is 21.9 Å². The first-order valence-corrected chi connectivity index (χ1v) is 13.1. The van der Waals surface area contributed by atoms with E-state index in [1.54, 1.807) is 18.7 Å². The van der Waals surface area contributed by atoms with Gasteiger partial charge < -0.3 is 20.3 Å². The predicted molar refractivity (Wildman–Crippen MR) is 132 cm³/mol. The number of benzene rings is 3. The van der Waals surface area contributed by atoms with Crippen molar-refractivity contribution < 1.29 is 23.6 Å². The fourth-order valence-corrected chi connectivity index (χ4v) is 5.08. The molecule has 176 valence electrons. The van der Waals surface area contributed by atoms with Gasteiger partial charge in [-0.05, 0) is 61.2 Å². The molecule has 0 heterocycles. The van der Waals surface area contributed by atoms with Gasteiger partial charge in [0.05, 0.1) is 6.10 Å². The molecular weight excluding hydrogens is 481 g/mol. The molecule has 2 atom stereocenters. The fourth-order valence-electron chi connectivity index (χ4n) is 3.18. The van der Waals surface area contributed by atoms with Gasteiger partial charge in [-0.25, -0.2) is 4.57 Å². The Morgan fingerprint density at radius 3 is 2.42 bits per heavy atom. The third-order valence-electron chi connectivity index (χ3n) is 4.87. The third-order valence-corrected chi connectivity index (χ3v) is 6.75. The summed E-state index contributed by atoms with van der Waals surface area (Å²) >= 11 is 8.05. The van der Waals surface area contributed by atoms with Gasteiger partial charge in [0.25, 0.3) is 0 Å². The molecule has 3 rings (SSSR count). The van der Waals surface area contributed by atoms with E-state index >= 15 is 0 Å². The molecule has 0 saturated carbocycles. The van der Waals surface area contributed by atoms with Gasteiger partial charge in [-0.15, -0.1) is 0 Å². The highest BCUT2D eigenvalue weighted by atomic mass is 35.5. The number of nitrogens with two attached hydrogens (primary N) is 1. The molecule has 0 aliphatic rings. The molecule has 0 fully saturated rings. The summed E-state index contributed by atoms with van der Waals surface area (Å²) < 4.78 is 21.9. The minimum atomic E-state index is -4.61. The van der Waals surface area contributed by atoms with Crippen LogP contribution in [0.1, 0.15) is 24.5 Å². The van der Waals surface area contributed by atoms with Crippen molar-refractivity contribution in [2.24, 2.45) is 5.73 Å². The monoisotopic (exact) mass is 507 g/mol. The van der Waals surface area contributed by atoms with Crippen molar-refractivity contribution in [3.63, 3.8) is 0 Å². The van der Waals surface area contributed by atoms with E-state index in [-0.39, 0.29) is 0 Å². The average Bonchev–Trinajstić information content (AvgIpc) is 2.76. The number of halogens is 1. The maximum atomic E-state index is 11.2. The second-order valence-electron chi connectivity index (χ2n) is 7.64. The molecule has 0 amide bonds. The van der Waals surface area contributed by atoms with Crippen molar-refractivity contribution in [3.8, 4) is 5.75 Å². The lowest BCUT2D eigenvalue weighted by Crippen LogP contribution is -2.33. The van der Waals surface area contributed by atoms with Crippen LogP contribution in [0.4, 0.5) is 0 Å². The minimum absolute atomic E-state index is 0.343. The molecule has 33 heavy (non-hydrogen) atoms. The molecule has 3 aromatic rings. The summed E-state index contributed by atoms with van der Waals surface area (Å²) in [6.07, 6.45) is 0.0590. The molecule has 6 nitrogen and oxygen atoms in total. The summed E-state index contributed by atoms with van der Waals surface area (Å²) in [4.78, 5) is 20.1. The summed E-state index contributed by atoms with van der Waals surface area (Å²) in [6, 6.07) is 23.1. The average molecular weight is 508 g/mol. The lowest BCUT2D eigenvalue weighted by Gasteiger charge is -2.21. The van der Waals surface area contributed by atoms with Crippen molar-refractivity contribution in [2.45, 2.75) is 48.3 Å². The first-order chi connectivity index (χ1) is 15.7. The highest BCUT2D eigenvalue weighted by molar-refractivity contribution is 7.99. The quantitative estimate of drug-likeness (QED) is 0.281. The van der Waals surface area contributed by atoms with Gasteiger partial charge in [-0.3, -0.25) is 4.52 Å². The van der Waals surface area contributed by atoms with Crippen molar-refractivity contribution in [3.05, 3.63) is 88.9 Å². The van der Waals surface area contributed by atoms with Gasteiger partial charge in [-0.1, -0.05) is 65.8 Å². The smallest absolute Gasteiger partial charge is 0.469 e. The Balaban J connectivity index is 1.60. The molecule has 0 bridgehead atoms. The summed E-state index contributed by atoms with van der Waals surface area (Å²) in [6.45, 7) is 2.16. The lowest BCUT2D eigenvalue weighted by molar-refractivity contribution is 0.111. The van der Waals surface area contributed by atoms with Crippen LogP contribution >= 0.6 is 31.2 Å². The van der Waals surface area contributed by atoms with Gasteiger partial charge >= 0.3 is 7.82 Å². The van der Waals surface area contributed by atoms with E-state index in [9.17, 15) is 4.57 Å². The van der Waals surface area contributed by atoms with Crippen LogP contribution in [-0.2, 0) is 22.1 Å². The van der Waals surface area contributed by atoms with Crippen molar-refractivity contribution >= 4 is 31.2 Å². The van der Waals surface area contributed by atoms with Gasteiger partial charge in [-0.2, -0.15) is 0 Å². The van der Waals surface area contributed by atoms with E-state index in [4.69, 9.17) is 36.4 Å². The van der Waals surface area contributed by atoms with Crippen molar-refractivity contribution in [1.82, 2.24) is 0 Å². The number of ether oxygens (including phenoxy) is 1. The summed E-state index contributed by atoms with van der Waals surface area (Å²) in [5.74, 6) is 0.790. The molecule has 2 unspecified atom stereocenters. The standard InChI is InChI=1S/C24H27ClNO5PS/c1-17(26)24(31-32(27,28)29)13-11-19-10-12-22(15-23(19)25)33-21-9-5-8-20(14-21)30-16-18-6-3-2-4-7-18/h2-10,12,14-15,17,24H,11,13,16,26H2,1H3,(H2,27,28,29). The van der Waals surface area contributed by atoms with Gasteiger partial charge in [0, 0.05) is 20.9 Å². The van der Waals surface area contributed by atoms with Gasteiger partial charge in [0.15, 0.2) is 0 Å². The van der Waals surface area contributed by atoms with Gasteiger partial charge in [0.1, 0.15) is 12.4 Å². The maximum absolute atomic E-state index is 11.2. The summed E-state index contributed by atoms with van der Waals surface area (Å²) in [5.41, 5.74) is 7.78. The molecule has 0 aromatic heterocycles. The van der Waals surface area contributed by atoms with E-state index in [0.29, 0.717) is 24.5 Å². The molecule has 0 saturated heterocycles. The second kappa shape index (κ2) is 12.0. The Kier molecular flexibility index (Phi) is 9.41. The number of phosphoric acid groups is 1. The first-order valence-electron chi connectivity index (χ1n) is 10.4. The number of hydrogen-bond acceptors (Lipinski definition) is 5. The number of phosphoric ester groups is 1. The van der Waals surface area contributed by atoms with Crippen LogP contribution in [0.3, 0.4) is 0 Å². The SMILES string of the molecule is CC(N)C(CCc1ccc(Sc2cccc(OCc3ccccc3)c2)cc1Cl)OP(=O)(O)O. The Morgan fingerprint density at radius 1 is 1.03 bits per heavy atom. The molecular formula is C24H27ClNO5PS. The molecule has 9 heteroatoms. The summed E-state index contributed by atoms with van der Waals surface area (Å²) in [5, 5.41) is 0.580. The molecule has 0 aliphatic carbocycles. The zero-order valence-electron chi connectivity index (χ0n) is 18.1. The van der Waals surface area contributed by atoms with E-state index in [1.165, 1.54) is 0 Å². The Hall–Kier alpha value is -1.83. The molecule has 3 aromatic carbocycles. The van der Waals surface area contributed by atoms with E-state index in [0.717, 1.165) is 26.7 Å². The normalized spacial score (nSPS) is 13.5. The molecule has 0 spiro atoms. The van der Waals surface area contributed by atoms with Crippen molar-refractivity contribution in [2.75, 3.05) is 0 Å². The minimum Gasteiger partial charge on any atom is -0.489 e. The molecule has 0 radical (unpaired) electrons. The zero-order valence-corrected chi connectivity index (χ0v) is 20.6. The van der Waals surface area contributed by atoms with Crippen LogP contribution in [0, 0.1) is 0 Å². The van der Waals surface area contributed by atoms with Crippen LogP contribution in [0.5, 0.6) is 5.75 Å². The zero-order chi connectivity index (χ0) is 23.8. The molecule has 0 aliphatic heterocycles. The largest absolute Gasteiger partial charge is 0.489 e. The predicted octanol–water partition coefficient (Wildman–Crippen LogP) is 5.83. The van der Waals surface area contributed by atoms with Crippen molar-refractivity contribution in [1.29, 1.82) is 0 Å². The second-order valence-corrected chi connectivity index (χ2v) is 10.4. The lowest BCUT2D eigenvalue weighted by atomic mass is 10.0. The fraction of sp³-hybridized carbons (Fsp3) is 0.250. The summed E-state index contributed by atoms with van der Waals surface area (Å²) in [7, 11) is -4.61. The van der Waals surface area contributed by atoms with Gasteiger partial charge in [0.2, 0.25) is 0 Å². The topological polar surface area (TPSA) is 102 Å². The van der Waals surface area contributed by atoms with E-state index in [1.807, 2.05) is 72.8 Å².